The average Bonchev–Trinajstić information content (AvgIpc) is 2.45. The summed E-state index contributed by atoms with van der Waals surface area (Å²) in [6, 6.07) is 8.75. The molecule has 0 saturated carbocycles. The van der Waals surface area contributed by atoms with Crippen LogP contribution in [0.3, 0.4) is 0 Å². The van der Waals surface area contributed by atoms with E-state index in [-0.39, 0.29) is 6.10 Å². The molecule has 0 amide bonds. The molecule has 1 rings (SSSR count). The molecular formula is C17H28BrNO2. The maximum Gasteiger partial charge on any atom is 0.0950 e. The molecule has 0 aliphatic heterocycles. The average molecular weight is 358 g/mol. The maximum atomic E-state index is 6.01. The summed E-state index contributed by atoms with van der Waals surface area (Å²) in [6.45, 7) is 9.37. The van der Waals surface area contributed by atoms with E-state index in [2.05, 4.69) is 54.2 Å². The molecule has 0 aliphatic rings. The third-order valence-electron chi connectivity index (χ3n) is 3.12. The van der Waals surface area contributed by atoms with E-state index in [0.717, 1.165) is 24.0 Å². The smallest absolute Gasteiger partial charge is 0.0950 e. The zero-order valence-electron chi connectivity index (χ0n) is 13.4. The maximum absolute atomic E-state index is 6.01. The Labute approximate surface area is 137 Å². The van der Waals surface area contributed by atoms with Crippen LogP contribution in [0.2, 0.25) is 0 Å². The molecule has 0 aliphatic carbocycles. The molecule has 0 saturated heterocycles. The fourth-order valence-corrected chi connectivity index (χ4v) is 2.34. The second kappa shape index (κ2) is 11.2. The van der Waals surface area contributed by atoms with E-state index in [4.69, 9.17) is 9.47 Å². The molecule has 0 heterocycles. The van der Waals surface area contributed by atoms with Gasteiger partial charge in [0.2, 0.25) is 0 Å². The molecule has 21 heavy (non-hydrogen) atoms. The largest absolute Gasteiger partial charge is 0.379 e. The van der Waals surface area contributed by atoms with Crippen LogP contribution in [0, 0.1) is 0 Å². The van der Waals surface area contributed by atoms with Crippen molar-refractivity contribution in [1.82, 2.24) is 5.32 Å². The number of benzene rings is 1. The van der Waals surface area contributed by atoms with Crippen molar-refractivity contribution >= 4 is 15.9 Å². The molecule has 1 aromatic rings. The lowest BCUT2D eigenvalue weighted by Gasteiger charge is -2.21. The Morgan fingerprint density at radius 3 is 2.67 bits per heavy atom. The van der Waals surface area contributed by atoms with Crippen LogP contribution in [-0.4, -0.2) is 32.4 Å². The van der Waals surface area contributed by atoms with Crippen molar-refractivity contribution in [1.29, 1.82) is 0 Å². The predicted octanol–water partition coefficient (Wildman–Crippen LogP) is 4.32. The summed E-state index contributed by atoms with van der Waals surface area (Å²) in [5, 5.41) is 3.44. The quantitative estimate of drug-likeness (QED) is 0.598. The van der Waals surface area contributed by atoms with Crippen LogP contribution in [0.4, 0.5) is 0 Å². The van der Waals surface area contributed by atoms with Crippen LogP contribution >= 0.6 is 15.9 Å². The predicted molar refractivity (Wildman–Crippen MR) is 91.7 cm³/mol. The molecule has 0 aromatic heterocycles. The van der Waals surface area contributed by atoms with Crippen LogP contribution in [0.15, 0.2) is 28.7 Å². The number of unbranched alkanes of at least 4 members (excludes halogenated alkanes) is 1. The van der Waals surface area contributed by atoms with Crippen LogP contribution < -0.4 is 5.32 Å². The second-order valence-corrected chi connectivity index (χ2v) is 6.36. The molecular weight excluding hydrogens is 330 g/mol. The topological polar surface area (TPSA) is 30.5 Å². The van der Waals surface area contributed by atoms with Crippen molar-refractivity contribution in [3.05, 3.63) is 34.3 Å². The molecule has 1 N–H and O–H groups in total. The number of halogens is 1. The monoisotopic (exact) mass is 357 g/mol. The van der Waals surface area contributed by atoms with Crippen molar-refractivity contribution in [3.63, 3.8) is 0 Å². The molecule has 1 atom stereocenters. The highest BCUT2D eigenvalue weighted by atomic mass is 79.9. The summed E-state index contributed by atoms with van der Waals surface area (Å²) >= 11 is 3.52. The highest BCUT2D eigenvalue weighted by Gasteiger charge is 2.12. The summed E-state index contributed by atoms with van der Waals surface area (Å²) in [6.07, 6.45) is 2.34. The van der Waals surface area contributed by atoms with Crippen LogP contribution in [0.25, 0.3) is 0 Å². The van der Waals surface area contributed by atoms with Gasteiger partial charge in [0.1, 0.15) is 0 Å². The van der Waals surface area contributed by atoms with Gasteiger partial charge in [-0.3, -0.25) is 0 Å². The number of hydrogen-bond acceptors (Lipinski definition) is 3. The van der Waals surface area contributed by atoms with Gasteiger partial charge in [0, 0.05) is 23.7 Å². The summed E-state index contributed by atoms with van der Waals surface area (Å²) < 4.78 is 12.6. The number of nitrogens with one attached hydrogen (secondary N) is 1. The fourth-order valence-electron chi connectivity index (χ4n) is 1.92. The van der Waals surface area contributed by atoms with Gasteiger partial charge >= 0.3 is 0 Å². The first-order chi connectivity index (χ1) is 10.1. The highest BCUT2D eigenvalue weighted by Crippen LogP contribution is 2.21. The van der Waals surface area contributed by atoms with Gasteiger partial charge in [-0.25, -0.2) is 0 Å². The van der Waals surface area contributed by atoms with Crippen LogP contribution in [0.5, 0.6) is 0 Å². The van der Waals surface area contributed by atoms with E-state index in [1.54, 1.807) is 0 Å². The van der Waals surface area contributed by atoms with E-state index in [1.807, 2.05) is 12.1 Å². The Morgan fingerprint density at radius 2 is 2.00 bits per heavy atom. The van der Waals surface area contributed by atoms with Crippen molar-refractivity contribution in [2.24, 2.45) is 0 Å². The minimum Gasteiger partial charge on any atom is -0.379 e. The van der Waals surface area contributed by atoms with Crippen LogP contribution in [-0.2, 0) is 9.47 Å². The SMILES string of the molecule is CCCCOCCOC(CNC(C)C)c1cccc(Br)c1. The Balaban J connectivity index is 2.45. The van der Waals surface area contributed by atoms with Gasteiger partial charge in [0.15, 0.2) is 0 Å². The highest BCUT2D eigenvalue weighted by molar-refractivity contribution is 9.10. The molecule has 0 bridgehead atoms. The van der Waals surface area contributed by atoms with Crippen LogP contribution in [0.1, 0.15) is 45.3 Å². The minimum absolute atomic E-state index is 0.0553. The molecule has 0 spiro atoms. The third-order valence-corrected chi connectivity index (χ3v) is 3.61. The van der Waals surface area contributed by atoms with Gasteiger partial charge in [0.25, 0.3) is 0 Å². The Kier molecular flexibility index (Phi) is 9.92. The molecule has 1 aromatic carbocycles. The van der Waals surface area contributed by atoms with E-state index < -0.39 is 0 Å². The lowest BCUT2D eigenvalue weighted by Crippen LogP contribution is -2.29. The van der Waals surface area contributed by atoms with Gasteiger partial charge < -0.3 is 14.8 Å². The van der Waals surface area contributed by atoms with Gasteiger partial charge in [-0.05, 0) is 24.1 Å². The van der Waals surface area contributed by atoms with E-state index in [0.29, 0.717) is 19.3 Å². The lowest BCUT2D eigenvalue weighted by molar-refractivity contribution is 0.00292. The summed E-state index contributed by atoms with van der Waals surface area (Å²) in [5.41, 5.74) is 1.19. The normalized spacial score (nSPS) is 12.8. The van der Waals surface area contributed by atoms with Crippen molar-refractivity contribution in [3.8, 4) is 0 Å². The molecule has 3 nitrogen and oxygen atoms in total. The Hall–Kier alpha value is -0.420. The molecule has 120 valence electrons. The number of hydrogen-bond donors (Lipinski definition) is 1. The first kappa shape index (κ1) is 18.6. The Bertz CT molecular complexity index is 385. The molecule has 0 fully saturated rings. The van der Waals surface area contributed by atoms with Gasteiger partial charge in [-0.15, -0.1) is 0 Å². The second-order valence-electron chi connectivity index (χ2n) is 5.44. The van der Waals surface area contributed by atoms with Gasteiger partial charge in [0.05, 0.1) is 19.3 Å². The minimum atomic E-state index is 0.0553. The van der Waals surface area contributed by atoms with Crippen molar-refractivity contribution < 1.29 is 9.47 Å². The number of rotatable bonds is 11. The molecule has 0 radical (unpaired) electrons. The summed E-state index contributed by atoms with van der Waals surface area (Å²) in [7, 11) is 0. The standard InChI is InChI=1S/C17H28BrNO2/c1-4-5-9-20-10-11-21-17(13-19-14(2)3)15-7-6-8-16(18)12-15/h6-8,12,14,17,19H,4-5,9-11,13H2,1-3H3. The van der Waals surface area contributed by atoms with Gasteiger partial charge in [-0.1, -0.05) is 55.3 Å². The Morgan fingerprint density at radius 1 is 1.19 bits per heavy atom. The first-order valence-electron chi connectivity index (χ1n) is 7.81. The zero-order valence-corrected chi connectivity index (χ0v) is 15.0. The van der Waals surface area contributed by atoms with E-state index in [1.165, 1.54) is 12.0 Å². The van der Waals surface area contributed by atoms with Crippen molar-refractivity contribution in [2.45, 2.75) is 45.8 Å². The third kappa shape index (κ3) is 8.57. The fraction of sp³-hybridized carbons (Fsp3) is 0.647. The lowest BCUT2D eigenvalue weighted by atomic mass is 10.1. The summed E-state index contributed by atoms with van der Waals surface area (Å²) in [5.74, 6) is 0. The first-order valence-corrected chi connectivity index (χ1v) is 8.61. The van der Waals surface area contributed by atoms with E-state index in [9.17, 15) is 0 Å². The van der Waals surface area contributed by atoms with Gasteiger partial charge in [-0.2, -0.15) is 0 Å². The number of ether oxygens (including phenoxy) is 2. The molecule has 1 unspecified atom stereocenters. The zero-order chi connectivity index (χ0) is 15.5. The molecule has 4 heteroatoms. The summed E-state index contributed by atoms with van der Waals surface area (Å²) in [4.78, 5) is 0. The van der Waals surface area contributed by atoms with Crippen molar-refractivity contribution in [2.75, 3.05) is 26.4 Å². The van der Waals surface area contributed by atoms with E-state index >= 15 is 0 Å².